The summed E-state index contributed by atoms with van der Waals surface area (Å²) in [7, 11) is 3.31. The van der Waals surface area contributed by atoms with Crippen molar-refractivity contribution in [3.63, 3.8) is 0 Å². The molecule has 0 amide bonds. The molecule has 1 aromatic carbocycles. The fourth-order valence-electron chi connectivity index (χ4n) is 2.13. The van der Waals surface area contributed by atoms with Gasteiger partial charge in [0, 0.05) is 13.1 Å². The minimum Gasteiger partial charge on any atom is -0.496 e. The van der Waals surface area contributed by atoms with Crippen LogP contribution < -0.4 is 16.0 Å². The van der Waals surface area contributed by atoms with Crippen molar-refractivity contribution >= 4 is 5.82 Å². The lowest BCUT2D eigenvalue weighted by Crippen LogP contribution is -2.18. The molecule has 19 heavy (non-hydrogen) atoms. The lowest BCUT2D eigenvalue weighted by molar-refractivity contribution is 0.411. The van der Waals surface area contributed by atoms with Crippen molar-refractivity contribution in [2.75, 3.05) is 12.8 Å². The quantitative estimate of drug-likeness (QED) is 0.899. The summed E-state index contributed by atoms with van der Waals surface area (Å²) in [4.78, 5) is 11.8. The second kappa shape index (κ2) is 4.80. The lowest BCUT2D eigenvalue weighted by atomic mass is 9.98. The Labute approximate surface area is 112 Å². The number of hydrogen-bond donors (Lipinski definition) is 1. The number of nitrogens with zero attached hydrogens (tertiary/aromatic N) is 1. The molecule has 100 valence electrons. The highest BCUT2D eigenvalue weighted by molar-refractivity contribution is 5.71. The van der Waals surface area contributed by atoms with Gasteiger partial charge in [0.05, 0.1) is 7.11 Å². The average Bonchev–Trinajstić information content (AvgIpc) is 2.37. The van der Waals surface area contributed by atoms with Crippen LogP contribution in [0.15, 0.2) is 29.1 Å². The number of ether oxygens (including phenoxy) is 1. The summed E-state index contributed by atoms with van der Waals surface area (Å²) in [6, 6.07) is 7.40. The van der Waals surface area contributed by atoms with E-state index in [0.717, 1.165) is 28.0 Å². The number of pyridine rings is 1. The van der Waals surface area contributed by atoms with Crippen molar-refractivity contribution in [2.24, 2.45) is 7.05 Å². The maximum atomic E-state index is 11.8. The molecular formula is C15H18N2O2. The molecule has 2 aromatic rings. The SMILES string of the molecule is COc1cc(C)c(-c2cc(N)n(C)c(=O)c2)cc1C. The van der Waals surface area contributed by atoms with Crippen LogP contribution in [-0.2, 0) is 7.05 Å². The zero-order valence-corrected chi connectivity index (χ0v) is 11.7. The van der Waals surface area contributed by atoms with Gasteiger partial charge in [-0.15, -0.1) is 0 Å². The number of benzene rings is 1. The van der Waals surface area contributed by atoms with Crippen LogP contribution in [0, 0.1) is 13.8 Å². The third-order valence-corrected chi connectivity index (χ3v) is 3.35. The summed E-state index contributed by atoms with van der Waals surface area (Å²) >= 11 is 0. The maximum Gasteiger partial charge on any atom is 0.252 e. The number of rotatable bonds is 2. The smallest absolute Gasteiger partial charge is 0.252 e. The third kappa shape index (κ3) is 2.34. The second-order valence-electron chi connectivity index (χ2n) is 4.70. The van der Waals surface area contributed by atoms with Crippen molar-refractivity contribution < 1.29 is 4.74 Å². The Morgan fingerprint density at radius 3 is 2.37 bits per heavy atom. The number of nitrogen functional groups attached to an aromatic ring is 1. The maximum absolute atomic E-state index is 11.8. The van der Waals surface area contributed by atoms with Gasteiger partial charge < -0.3 is 10.5 Å². The predicted molar refractivity (Wildman–Crippen MR) is 77.6 cm³/mol. The van der Waals surface area contributed by atoms with Crippen LogP contribution in [0.2, 0.25) is 0 Å². The first-order chi connectivity index (χ1) is 8.93. The molecule has 0 aliphatic rings. The van der Waals surface area contributed by atoms with Gasteiger partial charge in [-0.1, -0.05) is 0 Å². The highest BCUT2D eigenvalue weighted by Gasteiger charge is 2.09. The van der Waals surface area contributed by atoms with Gasteiger partial charge in [-0.05, 0) is 54.3 Å². The summed E-state index contributed by atoms with van der Waals surface area (Å²) in [5.41, 5.74) is 9.65. The van der Waals surface area contributed by atoms with Crippen LogP contribution in [0.1, 0.15) is 11.1 Å². The molecule has 1 aromatic heterocycles. The molecule has 4 nitrogen and oxygen atoms in total. The summed E-state index contributed by atoms with van der Waals surface area (Å²) in [5, 5.41) is 0. The normalized spacial score (nSPS) is 10.5. The van der Waals surface area contributed by atoms with Crippen molar-refractivity contribution in [1.29, 1.82) is 0 Å². The topological polar surface area (TPSA) is 57.2 Å². The number of aromatic nitrogens is 1. The van der Waals surface area contributed by atoms with E-state index < -0.39 is 0 Å². The second-order valence-corrected chi connectivity index (χ2v) is 4.70. The van der Waals surface area contributed by atoms with E-state index in [4.69, 9.17) is 10.5 Å². The molecule has 0 spiro atoms. The molecule has 4 heteroatoms. The summed E-state index contributed by atoms with van der Waals surface area (Å²) in [6.07, 6.45) is 0. The number of hydrogen-bond acceptors (Lipinski definition) is 3. The summed E-state index contributed by atoms with van der Waals surface area (Å²) < 4.78 is 6.72. The van der Waals surface area contributed by atoms with Gasteiger partial charge in [-0.2, -0.15) is 0 Å². The molecule has 1 heterocycles. The first kappa shape index (κ1) is 13.2. The molecule has 2 rings (SSSR count). The van der Waals surface area contributed by atoms with Gasteiger partial charge in [0.15, 0.2) is 0 Å². The van der Waals surface area contributed by atoms with Gasteiger partial charge in [0.1, 0.15) is 11.6 Å². The van der Waals surface area contributed by atoms with E-state index in [1.54, 1.807) is 20.2 Å². The monoisotopic (exact) mass is 258 g/mol. The average molecular weight is 258 g/mol. The summed E-state index contributed by atoms with van der Waals surface area (Å²) in [6.45, 7) is 3.97. The number of aryl methyl sites for hydroxylation is 2. The Bertz CT molecular complexity index is 687. The molecule has 0 atom stereocenters. The Morgan fingerprint density at radius 1 is 1.11 bits per heavy atom. The largest absolute Gasteiger partial charge is 0.496 e. The van der Waals surface area contributed by atoms with Crippen molar-refractivity contribution in [1.82, 2.24) is 4.57 Å². The van der Waals surface area contributed by atoms with E-state index in [1.807, 2.05) is 32.0 Å². The van der Waals surface area contributed by atoms with Gasteiger partial charge in [-0.3, -0.25) is 9.36 Å². The van der Waals surface area contributed by atoms with Gasteiger partial charge in [-0.25, -0.2) is 0 Å². The van der Waals surface area contributed by atoms with Crippen LogP contribution in [0.5, 0.6) is 5.75 Å². The third-order valence-electron chi connectivity index (χ3n) is 3.35. The van der Waals surface area contributed by atoms with E-state index in [2.05, 4.69) is 0 Å². The van der Waals surface area contributed by atoms with Crippen molar-refractivity contribution in [3.8, 4) is 16.9 Å². The van der Waals surface area contributed by atoms with Crippen molar-refractivity contribution in [2.45, 2.75) is 13.8 Å². The molecule has 0 aliphatic heterocycles. The van der Waals surface area contributed by atoms with E-state index >= 15 is 0 Å². The van der Waals surface area contributed by atoms with Gasteiger partial charge in [0.25, 0.3) is 5.56 Å². The zero-order chi connectivity index (χ0) is 14.2. The number of anilines is 1. The molecule has 0 fully saturated rings. The highest BCUT2D eigenvalue weighted by atomic mass is 16.5. The van der Waals surface area contributed by atoms with Crippen LogP contribution >= 0.6 is 0 Å². The molecule has 0 radical (unpaired) electrons. The molecule has 0 saturated heterocycles. The molecule has 2 N–H and O–H groups in total. The van der Waals surface area contributed by atoms with Crippen LogP contribution in [0.4, 0.5) is 5.82 Å². The zero-order valence-electron chi connectivity index (χ0n) is 11.7. The Balaban J connectivity index is 2.66. The first-order valence-corrected chi connectivity index (χ1v) is 6.06. The minimum atomic E-state index is -0.108. The fraction of sp³-hybridized carbons (Fsp3) is 0.267. The minimum absolute atomic E-state index is 0.108. The molecule has 0 bridgehead atoms. The fourth-order valence-corrected chi connectivity index (χ4v) is 2.13. The molecule has 0 unspecified atom stereocenters. The van der Waals surface area contributed by atoms with E-state index in [9.17, 15) is 4.79 Å². The van der Waals surface area contributed by atoms with E-state index in [1.165, 1.54) is 4.57 Å². The van der Waals surface area contributed by atoms with Crippen LogP contribution in [0.3, 0.4) is 0 Å². The number of methoxy groups -OCH3 is 1. The number of nitrogens with two attached hydrogens (primary N) is 1. The lowest BCUT2D eigenvalue weighted by Gasteiger charge is -2.13. The highest BCUT2D eigenvalue weighted by Crippen LogP contribution is 2.30. The molecular weight excluding hydrogens is 240 g/mol. The first-order valence-electron chi connectivity index (χ1n) is 6.06. The van der Waals surface area contributed by atoms with E-state index in [-0.39, 0.29) is 5.56 Å². The molecule has 0 saturated carbocycles. The predicted octanol–water partition coefficient (Wildman–Crippen LogP) is 2.26. The Hall–Kier alpha value is -2.23. The summed E-state index contributed by atoms with van der Waals surface area (Å²) in [5.74, 6) is 1.30. The Kier molecular flexibility index (Phi) is 3.34. The molecule has 0 aliphatic carbocycles. The van der Waals surface area contributed by atoms with Gasteiger partial charge >= 0.3 is 0 Å². The van der Waals surface area contributed by atoms with E-state index in [0.29, 0.717) is 5.82 Å². The van der Waals surface area contributed by atoms with Crippen molar-refractivity contribution in [3.05, 3.63) is 45.7 Å². The van der Waals surface area contributed by atoms with Crippen LogP contribution in [-0.4, -0.2) is 11.7 Å². The van der Waals surface area contributed by atoms with Crippen LogP contribution in [0.25, 0.3) is 11.1 Å². The standard InChI is InChI=1S/C15H18N2O2/c1-9-6-13(19-4)10(2)5-12(9)11-7-14(16)17(3)15(18)8-11/h5-8H,16H2,1-4H3. The van der Waals surface area contributed by atoms with Gasteiger partial charge in [0.2, 0.25) is 0 Å². The Morgan fingerprint density at radius 2 is 1.79 bits per heavy atom.